The Kier molecular flexibility index (Phi) is 5.78. The van der Waals surface area contributed by atoms with Crippen LogP contribution < -0.4 is 0 Å². The lowest BCUT2D eigenvalue weighted by molar-refractivity contribution is -0.0679. The predicted molar refractivity (Wildman–Crippen MR) is 106 cm³/mol. The van der Waals surface area contributed by atoms with Crippen molar-refractivity contribution < 1.29 is 9.84 Å². The van der Waals surface area contributed by atoms with Crippen LogP contribution in [0, 0.1) is 0 Å². The van der Waals surface area contributed by atoms with E-state index in [2.05, 4.69) is 35.2 Å². The van der Waals surface area contributed by atoms with Crippen LogP contribution in [0.25, 0.3) is 6.08 Å². The van der Waals surface area contributed by atoms with Crippen molar-refractivity contribution in [2.45, 2.75) is 69.4 Å². The highest BCUT2D eigenvalue weighted by Gasteiger charge is 2.31. The van der Waals surface area contributed by atoms with Crippen LogP contribution in [0.15, 0.2) is 29.8 Å². The van der Waals surface area contributed by atoms with Crippen molar-refractivity contribution in [1.29, 1.82) is 0 Å². The minimum atomic E-state index is -0.700. The highest BCUT2D eigenvalue weighted by molar-refractivity contribution is 5.53. The molecule has 2 saturated heterocycles. The van der Waals surface area contributed by atoms with Crippen LogP contribution in [0.3, 0.4) is 0 Å². The summed E-state index contributed by atoms with van der Waals surface area (Å²) in [6.45, 7) is 3.81. The summed E-state index contributed by atoms with van der Waals surface area (Å²) in [4.78, 5) is 2.75. The molecule has 2 aliphatic heterocycles. The summed E-state index contributed by atoms with van der Waals surface area (Å²) in [6, 6.07) is 9.43. The van der Waals surface area contributed by atoms with Gasteiger partial charge in [0.15, 0.2) is 0 Å². The van der Waals surface area contributed by atoms with Crippen molar-refractivity contribution in [3.63, 3.8) is 0 Å². The molecular weight excluding hydrogens is 322 g/mol. The van der Waals surface area contributed by atoms with Crippen molar-refractivity contribution in [2.75, 3.05) is 26.3 Å². The molecule has 1 aliphatic carbocycles. The fourth-order valence-electron chi connectivity index (χ4n) is 4.94. The van der Waals surface area contributed by atoms with Crippen LogP contribution in [0.2, 0.25) is 0 Å². The molecule has 3 nitrogen and oxygen atoms in total. The summed E-state index contributed by atoms with van der Waals surface area (Å²) < 4.78 is 5.39. The Balaban J connectivity index is 1.39. The lowest BCUT2D eigenvalue weighted by atomic mass is 9.86. The van der Waals surface area contributed by atoms with Crippen LogP contribution in [0.5, 0.6) is 0 Å². The number of rotatable bonds is 3. The first-order chi connectivity index (χ1) is 12.7. The molecule has 2 heterocycles. The maximum Gasteiger partial charge on any atom is 0.0940 e. The topological polar surface area (TPSA) is 32.7 Å². The molecule has 0 atom stereocenters. The Labute approximate surface area is 158 Å². The Morgan fingerprint density at radius 2 is 1.69 bits per heavy atom. The van der Waals surface area contributed by atoms with Crippen LogP contribution in [-0.4, -0.2) is 42.4 Å². The molecule has 1 aromatic carbocycles. The smallest absolute Gasteiger partial charge is 0.0940 e. The standard InChI is InChI=1S/C23H33NO2/c25-23(12-16-26-17-13-23)21-9-7-20(8-10-21)18-19-4-3-14-24(15-11-19)22-5-1-2-6-22/h7-10,18,22,25H,1-6,11-17H2/b19-18+. The van der Waals surface area contributed by atoms with Gasteiger partial charge in [0.2, 0.25) is 0 Å². The van der Waals surface area contributed by atoms with Gasteiger partial charge in [-0.1, -0.05) is 48.8 Å². The number of hydrogen-bond donors (Lipinski definition) is 1. The van der Waals surface area contributed by atoms with E-state index in [1.165, 1.54) is 63.6 Å². The predicted octanol–water partition coefficient (Wildman–Crippen LogP) is 4.50. The summed E-state index contributed by atoms with van der Waals surface area (Å²) in [7, 11) is 0. The van der Waals surface area contributed by atoms with E-state index in [0.29, 0.717) is 26.1 Å². The third kappa shape index (κ3) is 4.21. The molecule has 1 saturated carbocycles. The van der Waals surface area contributed by atoms with Crippen LogP contribution in [-0.2, 0) is 10.3 Å². The summed E-state index contributed by atoms with van der Waals surface area (Å²) >= 11 is 0. The van der Waals surface area contributed by atoms with E-state index in [0.717, 1.165) is 11.6 Å². The molecular formula is C23H33NO2. The van der Waals surface area contributed by atoms with E-state index in [1.54, 1.807) is 5.57 Å². The SMILES string of the molecule is OC1(c2ccc(/C=C3\CCCN(C4CCCC4)CC3)cc2)CCOCC1. The van der Waals surface area contributed by atoms with E-state index in [-0.39, 0.29) is 0 Å². The normalized spacial score (nSPS) is 26.9. The minimum Gasteiger partial charge on any atom is -0.385 e. The molecule has 1 aromatic rings. The van der Waals surface area contributed by atoms with Crippen molar-refractivity contribution >= 4 is 6.08 Å². The highest BCUT2D eigenvalue weighted by atomic mass is 16.5. The van der Waals surface area contributed by atoms with E-state index in [4.69, 9.17) is 4.74 Å². The van der Waals surface area contributed by atoms with Crippen LogP contribution in [0.4, 0.5) is 0 Å². The van der Waals surface area contributed by atoms with Gasteiger partial charge in [0.1, 0.15) is 0 Å². The van der Waals surface area contributed by atoms with Crippen molar-refractivity contribution in [3.05, 3.63) is 41.0 Å². The Hall–Kier alpha value is -1.16. The molecule has 0 amide bonds. The van der Waals surface area contributed by atoms with E-state index in [1.807, 2.05) is 0 Å². The fraction of sp³-hybridized carbons (Fsp3) is 0.652. The molecule has 3 fully saturated rings. The lowest BCUT2D eigenvalue weighted by Crippen LogP contribution is -2.33. The third-order valence-electron chi connectivity index (χ3n) is 6.64. The minimum absolute atomic E-state index is 0.653. The summed E-state index contributed by atoms with van der Waals surface area (Å²) in [5, 5.41) is 10.8. The van der Waals surface area contributed by atoms with Crippen LogP contribution in [0.1, 0.15) is 68.9 Å². The van der Waals surface area contributed by atoms with Crippen molar-refractivity contribution in [1.82, 2.24) is 4.90 Å². The molecule has 0 spiro atoms. The summed E-state index contributed by atoms with van der Waals surface area (Å²) in [6.07, 6.45) is 13.2. The summed E-state index contributed by atoms with van der Waals surface area (Å²) in [5.74, 6) is 0. The molecule has 1 N–H and O–H groups in total. The zero-order valence-electron chi connectivity index (χ0n) is 16.0. The molecule has 0 aromatic heterocycles. The molecule has 3 aliphatic rings. The van der Waals surface area contributed by atoms with Gasteiger partial charge in [0, 0.05) is 38.6 Å². The largest absolute Gasteiger partial charge is 0.385 e. The Morgan fingerprint density at radius 3 is 2.42 bits per heavy atom. The van der Waals surface area contributed by atoms with Gasteiger partial charge in [-0.15, -0.1) is 0 Å². The van der Waals surface area contributed by atoms with Gasteiger partial charge in [-0.2, -0.15) is 0 Å². The number of benzene rings is 1. The first-order valence-corrected chi connectivity index (χ1v) is 10.6. The van der Waals surface area contributed by atoms with Gasteiger partial charge in [-0.3, -0.25) is 0 Å². The number of aliphatic hydroxyl groups is 1. The first kappa shape index (κ1) is 18.2. The maximum atomic E-state index is 10.8. The molecule has 142 valence electrons. The number of hydrogen-bond acceptors (Lipinski definition) is 3. The number of ether oxygens (including phenoxy) is 1. The Morgan fingerprint density at radius 1 is 0.962 bits per heavy atom. The van der Waals surface area contributed by atoms with Gasteiger partial charge >= 0.3 is 0 Å². The molecule has 0 radical (unpaired) electrons. The van der Waals surface area contributed by atoms with Gasteiger partial charge in [-0.05, 0) is 49.8 Å². The van der Waals surface area contributed by atoms with Gasteiger partial charge in [0.05, 0.1) is 5.60 Å². The second-order valence-electron chi connectivity index (χ2n) is 8.40. The summed E-state index contributed by atoms with van der Waals surface area (Å²) in [5.41, 5.74) is 3.20. The molecule has 0 unspecified atom stereocenters. The van der Waals surface area contributed by atoms with Gasteiger partial charge < -0.3 is 14.7 Å². The highest BCUT2D eigenvalue weighted by Crippen LogP contribution is 2.32. The average Bonchev–Trinajstić information content (AvgIpc) is 3.10. The zero-order valence-corrected chi connectivity index (χ0v) is 16.0. The number of likely N-dealkylation sites (tertiary alicyclic amines) is 1. The quantitative estimate of drug-likeness (QED) is 0.867. The maximum absolute atomic E-state index is 10.8. The Bertz CT molecular complexity index is 610. The monoisotopic (exact) mass is 355 g/mol. The van der Waals surface area contributed by atoms with Crippen molar-refractivity contribution in [3.8, 4) is 0 Å². The van der Waals surface area contributed by atoms with E-state index < -0.39 is 5.60 Å². The van der Waals surface area contributed by atoms with E-state index >= 15 is 0 Å². The molecule has 4 rings (SSSR count). The lowest BCUT2D eigenvalue weighted by Gasteiger charge is -2.32. The molecule has 3 heteroatoms. The average molecular weight is 356 g/mol. The van der Waals surface area contributed by atoms with Crippen LogP contribution >= 0.6 is 0 Å². The molecule has 26 heavy (non-hydrogen) atoms. The van der Waals surface area contributed by atoms with Crippen molar-refractivity contribution in [2.24, 2.45) is 0 Å². The number of nitrogens with zero attached hydrogens (tertiary/aromatic N) is 1. The second-order valence-corrected chi connectivity index (χ2v) is 8.40. The van der Waals surface area contributed by atoms with Gasteiger partial charge in [-0.25, -0.2) is 0 Å². The molecule has 0 bridgehead atoms. The van der Waals surface area contributed by atoms with E-state index in [9.17, 15) is 5.11 Å². The van der Waals surface area contributed by atoms with Gasteiger partial charge in [0.25, 0.3) is 0 Å². The fourth-order valence-corrected chi connectivity index (χ4v) is 4.94. The second kappa shape index (κ2) is 8.24. The third-order valence-corrected chi connectivity index (χ3v) is 6.64. The zero-order chi connectivity index (χ0) is 17.8. The first-order valence-electron chi connectivity index (χ1n) is 10.6.